The van der Waals surface area contributed by atoms with E-state index in [0.717, 1.165) is 0 Å². The van der Waals surface area contributed by atoms with Gasteiger partial charge in [-0.05, 0) is 31.6 Å². The monoisotopic (exact) mass is 191 g/mol. The largest absolute Gasteiger partial charge is 0.154 e. The highest BCUT2D eigenvalue weighted by Gasteiger charge is 2.28. The van der Waals surface area contributed by atoms with E-state index in [1.807, 2.05) is 0 Å². The predicted octanol–water partition coefficient (Wildman–Crippen LogP) is 3.07. The van der Waals surface area contributed by atoms with E-state index in [4.69, 9.17) is 0 Å². The predicted molar refractivity (Wildman–Crippen MR) is 61.8 cm³/mol. The molecule has 0 N–H and O–H groups in total. The highest BCUT2D eigenvalue weighted by atomic mass is 32.2. The van der Waals surface area contributed by atoms with Gasteiger partial charge in [-0.15, -0.1) is 0 Å². The maximum atomic E-state index is 4.22. The van der Waals surface area contributed by atoms with Crippen LogP contribution in [0.3, 0.4) is 0 Å². The molecule has 0 spiro atoms. The Balaban J connectivity index is 2.13. The second-order valence-corrected chi connectivity index (χ2v) is 5.69. The van der Waals surface area contributed by atoms with E-state index in [2.05, 4.69) is 36.9 Å². The molecular formula is C12H15S+. The molecule has 0 radical (unpaired) electrons. The van der Waals surface area contributed by atoms with Gasteiger partial charge < -0.3 is 0 Å². The Morgan fingerprint density at radius 1 is 1.08 bits per heavy atom. The van der Waals surface area contributed by atoms with Gasteiger partial charge in [0.1, 0.15) is 11.5 Å². The molecule has 0 unspecified atom stereocenters. The summed E-state index contributed by atoms with van der Waals surface area (Å²) in [7, 11) is 0.483. The zero-order valence-corrected chi connectivity index (χ0v) is 8.65. The Bertz CT molecular complexity index is 283. The van der Waals surface area contributed by atoms with Gasteiger partial charge in [0.15, 0.2) is 4.91 Å². The first-order valence-electron chi connectivity index (χ1n) is 4.80. The SMILES string of the molecule is C=C(c1ccccc1)[S+]1CCCC1. The van der Waals surface area contributed by atoms with Crippen molar-refractivity contribution in [3.8, 4) is 0 Å². The van der Waals surface area contributed by atoms with Crippen LogP contribution in [0.4, 0.5) is 0 Å². The van der Waals surface area contributed by atoms with Crippen LogP contribution in [-0.2, 0) is 10.9 Å². The van der Waals surface area contributed by atoms with Crippen molar-refractivity contribution in [1.29, 1.82) is 0 Å². The van der Waals surface area contributed by atoms with E-state index in [-0.39, 0.29) is 0 Å². The summed E-state index contributed by atoms with van der Waals surface area (Å²) in [4.78, 5) is 1.37. The molecule has 68 valence electrons. The Morgan fingerprint density at radius 2 is 1.69 bits per heavy atom. The molecule has 1 aromatic rings. The Hall–Kier alpha value is -0.690. The van der Waals surface area contributed by atoms with Crippen molar-refractivity contribution in [3.05, 3.63) is 42.5 Å². The smallest absolute Gasteiger partial charge is 0.0622 e. The van der Waals surface area contributed by atoms with E-state index in [0.29, 0.717) is 10.9 Å². The zero-order chi connectivity index (χ0) is 9.10. The molecule has 0 aromatic heterocycles. The molecule has 0 amide bonds. The highest BCUT2D eigenvalue weighted by Crippen LogP contribution is 2.27. The van der Waals surface area contributed by atoms with Crippen LogP contribution in [0.5, 0.6) is 0 Å². The molecule has 0 saturated carbocycles. The van der Waals surface area contributed by atoms with Crippen molar-refractivity contribution >= 4 is 15.8 Å². The third-order valence-corrected chi connectivity index (χ3v) is 4.97. The molecule has 2 rings (SSSR count). The summed E-state index contributed by atoms with van der Waals surface area (Å²) in [6, 6.07) is 10.6. The molecule has 1 fully saturated rings. The van der Waals surface area contributed by atoms with Crippen LogP contribution < -0.4 is 0 Å². The second kappa shape index (κ2) is 4.01. The number of hydrogen-bond acceptors (Lipinski definition) is 0. The molecule has 1 heteroatoms. The molecule has 0 atom stereocenters. The normalized spacial score (nSPS) is 17.5. The molecule has 1 aliphatic heterocycles. The van der Waals surface area contributed by atoms with Gasteiger partial charge in [-0.25, -0.2) is 0 Å². The Morgan fingerprint density at radius 3 is 2.31 bits per heavy atom. The highest BCUT2D eigenvalue weighted by molar-refractivity contribution is 8.05. The average molecular weight is 191 g/mol. The first-order valence-corrected chi connectivity index (χ1v) is 6.36. The third-order valence-electron chi connectivity index (χ3n) is 2.48. The first kappa shape index (κ1) is 8.89. The fourth-order valence-electron chi connectivity index (χ4n) is 1.69. The lowest BCUT2D eigenvalue weighted by molar-refractivity contribution is 0.949. The zero-order valence-electron chi connectivity index (χ0n) is 7.83. The summed E-state index contributed by atoms with van der Waals surface area (Å²) in [5.41, 5.74) is 1.34. The van der Waals surface area contributed by atoms with E-state index in [1.165, 1.54) is 34.8 Å². The molecular weight excluding hydrogens is 176 g/mol. The molecule has 1 aromatic carbocycles. The van der Waals surface area contributed by atoms with Gasteiger partial charge in [-0.2, -0.15) is 0 Å². The Kier molecular flexibility index (Phi) is 2.74. The summed E-state index contributed by atoms with van der Waals surface area (Å²) in [5, 5.41) is 0. The van der Waals surface area contributed by atoms with Gasteiger partial charge in [0.05, 0.1) is 0 Å². The lowest BCUT2D eigenvalue weighted by atomic mass is 10.2. The van der Waals surface area contributed by atoms with Crippen LogP contribution in [-0.4, -0.2) is 11.5 Å². The lowest BCUT2D eigenvalue weighted by Gasteiger charge is -2.03. The van der Waals surface area contributed by atoms with Gasteiger partial charge in [0.2, 0.25) is 0 Å². The summed E-state index contributed by atoms with van der Waals surface area (Å²) in [6.45, 7) is 4.22. The van der Waals surface area contributed by atoms with Gasteiger partial charge in [0.25, 0.3) is 0 Å². The fourth-order valence-corrected chi connectivity index (χ4v) is 3.96. The van der Waals surface area contributed by atoms with Gasteiger partial charge in [-0.1, -0.05) is 18.2 Å². The standard InChI is InChI=1S/C12H15S/c1-11(13-9-5-6-10-13)12-7-3-2-4-8-12/h2-4,7-8H,1,5-6,9-10H2/q+1. The minimum absolute atomic E-state index is 0.483. The van der Waals surface area contributed by atoms with Crippen molar-refractivity contribution in [2.24, 2.45) is 0 Å². The maximum Gasteiger partial charge on any atom is 0.154 e. The molecule has 13 heavy (non-hydrogen) atoms. The average Bonchev–Trinajstić information content (AvgIpc) is 2.71. The topological polar surface area (TPSA) is 0 Å². The van der Waals surface area contributed by atoms with Gasteiger partial charge in [0, 0.05) is 16.5 Å². The summed E-state index contributed by atoms with van der Waals surface area (Å²) in [5.74, 6) is 2.74. The van der Waals surface area contributed by atoms with Crippen molar-refractivity contribution in [1.82, 2.24) is 0 Å². The van der Waals surface area contributed by atoms with Crippen molar-refractivity contribution < 1.29 is 0 Å². The number of rotatable bonds is 2. The maximum absolute atomic E-state index is 4.22. The molecule has 0 nitrogen and oxygen atoms in total. The first-order chi connectivity index (χ1) is 6.38. The summed E-state index contributed by atoms with van der Waals surface area (Å²) >= 11 is 0. The quantitative estimate of drug-likeness (QED) is 0.630. The minimum Gasteiger partial charge on any atom is -0.0622 e. The lowest BCUT2D eigenvalue weighted by Crippen LogP contribution is -2.04. The van der Waals surface area contributed by atoms with Gasteiger partial charge >= 0.3 is 0 Å². The van der Waals surface area contributed by atoms with Crippen LogP contribution >= 0.6 is 0 Å². The summed E-state index contributed by atoms with van der Waals surface area (Å²) < 4.78 is 0. The van der Waals surface area contributed by atoms with E-state index in [1.54, 1.807) is 0 Å². The molecule has 1 aliphatic rings. The minimum atomic E-state index is 0.483. The van der Waals surface area contributed by atoms with Crippen LogP contribution in [0.25, 0.3) is 4.91 Å². The summed E-state index contributed by atoms with van der Waals surface area (Å²) in [6.07, 6.45) is 2.80. The van der Waals surface area contributed by atoms with Crippen LogP contribution in [0.2, 0.25) is 0 Å². The van der Waals surface area contributed by atoms with Crippen LogP contribution in [0, 0.1) is 0 Å². The number of hydrogen-bond donors (Lipinski definition) is 0. The van der Waals surface area contributed by atoms with Gasteiger partial charge in [-0.3, -0.25) is 0 Å². The molecule has 0 aliphatic carbocycles. The van der Waals surface area contributed by atoms with Crippen molar-refractivity contribution in [2.75, 3.05) is 11.5 Å². The molecule has 1 heterocycles. The fraction of sp³-hybridized carbons (Fsp3) is 0.333. The second-order valence-electron chi connectivity index (χ2n) is 3.40. The van der Waals surface area contributed by atoms with Crippen LogP contribution in [0.1, 0.15) is 18.4 Å². The number of benzene rings is 1. The van der Waals surface area contributed by atoms with Crippen molar-refractivity contribution in [3.63, 3.8) is 0 Å². The van der Waals surface area contributed by atoms with E-state index < -0.39 is 0 Å². The Labute approximate surface area is 83.0 Å². The van der Waals surface area contributed by atoms with Crippen molar-refractivity contribution in [2.45, 2.75) is 12.8 Å². The molecule has 0 bridgehead atoms. The van der Waals surface area contributed by atoms with E-state index >= 15 is 0 Å². The van der Waals surface area contributed by atoms with E-state index in [9.17, 15) is 0 Å². The van der Waals surface area contributed by atoms with Crippen LogP contribution in [0.15, 0.2) is 36.9 Å². The third kappa shape index (κ3) is 1.97. The molecule has 1 saturated heterocycles.